The summed E-state index contributed by atoms with van der Waals surface area (Å²) in [7, 11) is 0. The molecule has 1 aliphatic carbocycles. The van der Waals surface area contributed by atoms with Crippen molar-refractivity contribution in [2.45, 2.75) is 111 Å². The minimum absolute atomic E-state index is 0.138. The first-order valence-corrected chi connectivity index (χ1v) is 10.5. The van der Waals surface area contributed by atoms with Gasteiger partial charge in [-0.15, -0.1) is 0 Å². The van der Waals surface area contributed by atoms with Gasteiger partial charge in [0.2, 0.25) is 0 Å². The molecule has 0 unspecified atom stereocenters. The van der Waals surface area contributed by atoms with Crippen molar-refractivity contribution < 1.29 is 14.4 Å². The normalized spacial score (nSPS) is 17.9. The monoisotopic (exact) mass is 350 g/mol. The zero-order valence-corrected chi connectivity index (χ0v) is 16.7. The fourth-order valence-corrected chi connectivity index (χ4v) is 3.86. The van der Waals surface area contributed by atoms with Crippen molar-refractivity contribution in [1.29, 1.82) is 0 Å². The highest BCUT2D eigenvalue weighted by Crippen LogP contribution is 2.34. The van der Waals surface area contributed by atoms with Crippen LogP contribution in [0.4, 0.5) is 0 Å². The maximum Gasteiger partial charge on any atom is 0.151 e. The van der Waals surface area contributed by atoms with Crippen molar-refractivity contribution in [1.82, 2.24) is 0 Å². The van der Waals surface area contributed by atoms with Crippen molar-refractivity contribution in [2.75, 3.05) is 0 Å². The van der Waals surface area contributed by atoms with Crippen molar-refractivity contribution in [3.05, 3.63) is 0 Å². The summed E-state index contributed by atoms with van der Waals surface area (Å²) in [4.78, 5) is 36.5. The Kier molecular flexibility index (Phi) is 10.2. The van der Waals surface area contributed by atoms with E-state index in [1.807, 2.05) is 13.8 Å². The second kappa shape index (κ2) is 11.6. The molecule has 1 rings (SSSR count). The summed E-state index contributed by atoms with van der Waals surface area (Å²) in [6.07, 6.45) is 14.7. The molecule has 0 aromatic rings. The predicted octanol–water partition coefficient (Wildman–Crippen LogP) is 5.83. The van der Waals surface area contributed by atoms with Crippen molar-refractivity contribution in [2.24, 2.45) is 11.3 Å². The Labute approximate surface area is 154 Å². The topological polar surface area (TPSA) is 51.2 Å². The molecule has 0 saturated heterocycles. The molecule has 144 valence electrons. The number of hydrogen-bond donors (Lipinski definition) is 0. The molecule has 0 aromatic heterocycles. The van der Waals surface area contributed by atoms with Crippen LogP contribution in [0, 0.1) is 11.3 Å². The van der Waals surface area contributed by atoms with Crippen molar-refractivity contribution in [3.63, 3.8) is 0 Å². The molecule has 3 nitrogen and oxygen atoms in total. The molecule has 0 aliphatic heterocycles. The summed E-state index contributed by atoms with van der Waals surface area (Å²) < 4.78 is 0. The van der Waals surface area contributed by atoms with Gasteiger partial charge >= 0.3 is 0 Å². The maximum absolute atomic E-state index is 12.2. The number of carbonyl (C=O) groups is 3. The molecule has 1 aliphatic rings. The van der Waals surface area contributed by atoms with E-state index in [0.29, 0.717) is 19.3 Å². The van der Waals surface area contributed by atoms with Crippen LogP contribution in [0.25, 0.3) is 0 Å². The number of carbonyl (C=O) groups excluding carboxylic acids is 3. The number of rotatable bonds is 13. The SMILES string of the molecule is CCCCCCCCCCCCCC(=O)C1C(=O)CC(C)(C)CC1=O. The second-order valence-electron chi connectivity index (χ2n) is 8.64. The van der Waals surface area contributed by atoms with E-state index in [1.54, 1.807) is 0 Å². The predicted molar refractivity (Wildman–Crippen MR) is 103 cm³/mol. The molecule has 0 atom stereocenters. The Balaban J connectivity index is 2.07. The van der Waals surface area contributed by atoms with Gasteiger partial charge in [-0.3, -0.25) is 14.4 Å². The summed E-state index contributed by atoms with van der Waals surface area (Å²) >= 11 is 0. The van der Waals surface area contributed by atoms with E-state index in [9.17, 15) is 14.4 Å². The number of hydrogen-bond acceptors (Lipinski definition) is 3. The third kappa shape index (κ3) is 8.78. The lowest BCUT2D eigenvalue weighted by atomic mass is 9.70. The first-order chi connectivity index (χ1) is 11.9. The number of Topliss-reactive ketones (excluding diaryl/α,β-unsaturated/α-hetero) is 3. The lowest BCUT2D eigenvalue weighted by molar-refractivity contribution is -0.145. The average molecular weight is 351 g/mol. The van der Waals surface area contributed by atoms with Gasteiger partial charge in [-0.2, -0.15) is 0 Å². The third-order valence-electron chi connectivity index (χ3n) is 5.30. The lowest BCUT2D eigenvalue weighted by Gasteiger charge is -2.31. The van der Waals surface area contributed by atoms with Gasteiger partial charge in [0.15, 0.2) is 17.3 Å². The second-order valence-corrected chi connectivity index (χ2v) is 8.64. The van der Waals surface area contributed by atoms with Crippen LogP contribution in [0.3, 0.4) is 0 Å². The van der Waals surface area contributed by atoms with Crippen LogP contribution in [-0.2, 0) is 14.4 Å². The summed E-state index contributed by atoms with van der Waals surface area (Å²) in [6, 6.07) is 0. The van der Waals surface area contributed by atoms with E-state index in [1.165, 1.54) is 51.4 Å². The highest BCUT2D eigenvalue weighted by molar-refractivity contribution is 6.20. The zero-order valence-electron chi connectivity index (χ0n) is 16.7. The summed E-state index contributed by atoms with van der Waals surface area (Å²) in [5, 5.41) is 0. The van der Waals surface area contributed by atoms with Crippen LogP contribution in [0.1, 0.15) is 111 Å². The first kappa shape index (κ1) is 22.1. The molecule has 1 fully saturated rings. The van der Waals surface area contributed by atoms with Crippen LogP contribution >= 0.6 is 0 Å². The minimum atomic E-state index is -0.948. The fraction of sp³-hybridized carbons (Fsp3) is 0.864. The summed E-state index contributed by atoms with van der Waals surface area (Å²) in [5.74, 6) is -1.40. The van der Waals surface area contributed by atoms with E-state index in [2.05, 4.69) is 6.92 Å². The molecule has 0 spiro atoms. The average Bonchev–Trinajstić information content (AvgIpc) is 2.50. The van der Waals surface area contributed by atoms with Crippen LogP contribution in [0.15, 0.2) is 0 Å². The van der Waals surface area contributed by atoms with Gasteiger partial charge in [-0.1, -0.05) is 85.0 Å². The number of unbranched alkanes of at least 4 members (excludes halogenated alkanes) is 10. The van der Waals surface area contributed by atoms with E-state index >= 15 is 0 Å². The van der Waals surface area contributed by atoms with E-state index in [-0.39, 0.29) is 22.8 Å². The highest BCUT2D eigenvalue weighted by Gasteiger charge is 2.42. The van der Waals surface area contributed by atoms with Gasteiger partial charge in [-0.05, 0) is 11.8 Å². The smallest absolute Gasteiger partial charge is 0.151 e. The van der Waals surface area contributed by atoms with Crippen LogP contribution in [0.2, 0.25) is 0 Å². The Morgan fingerprint density at radius 1 is 0.800 bits per heavy atom. The molecule has 0 heterocycles. The van der Waals surface area contributed by atoms with Crippen molar-refractivity contribution in [3.8, 4) is 0 Å². The van der Waals surface area contributed by atoms with E-state index in [0.717, 1.165) is 19.3 Å². The lowest BCUT2D eigenvalue weighted by Crippen LogP contribution is -2.41. The first-order valence-electron chi connectivity index (χ1n) is 10.5. The van der Waals surface area contributed by atoms with Gasteiger partial charge in [0.05, 0.1) is 0 Å². The molecule has 0 bridgehead atoms. The molecule has 3 heteroatoms. The van der Waals surface area contributed by atoms with Gasteiger partial charge in [-0.25, -0.2) is 0 Å². The summed E-state index contributed by atoms with van der Waals surface area (Å²) in [5.41, 5.74) is -0.276. The summed E-state index contributed by atoms with van der Waals surface area (Å²) in [6.45, 7) is 6.09. The quantitative estimate of drug-likeness (QED) is 0.310. The Bertz CT molecular complexity index is 417. The van der Waals surface area contributed by atoms with Crippen LogP contribution in [0.5, 0.6) is 0 Å². The minimum Gasteiger partial charge on any atom is -0.298 e. The molecule has 1 saturated carbocycles. The molecule has 0 N–H and O–H groups in total. The zero-order chi connectivity index (χ0) is 18.7. The van der Waals surface area contributed by atoms with E-state index < -0.39 is 5.92 Å². The molecular formula is C22H38O3. The molecule has 0 aromatic carbocycles. The largest absolute Gasteiger partial charge is 0.298 e. The van der Waals surface area contributed by atoms with Gasteiger partial charge in [0.25, 0.3) is 0 Å². The van der Waals surface area contributed by atoms with Crippen molar-refractivity contribution >= 4 is 17.3 Å². The Morgan fingerprint density at radius 3 is 1.64 bits per heavy atom. The highest BCUT2D eigenvalue weighted by atomic mass is 16.2. The Morgan fingerprint density at radius 2 is 1.20 bits per heavy atom. The maximum atomic E-state index is 12.2. The van der Waals surface area contributed by atoms with Gasteiger partial charge < -0.3 is 0 Å². The molecule has 0 radical (unpaired) electrons. The molecule has 0 amide bonds. The van der Waals surface area contributed by atoms with E-state index in [4.69, 9.17) is 0 Å². The van der Waals surface area contributed by atoms with Crippen LogP contribution in [-0.4, -0.2) is 17.3 Å². The van der Waals surface area contributed by atoms with Crippen LogP contribution < -0.4 is 0 Å². The number of ketones is 3. The Hall–Kier alpha value is -0.990. The van der Waals surface area contributed by atoms with Gasteiger partial charge in [0, 0.05) is 19.3 Å². The standard InChI is InChI=1S/C22H38O3/c1-4-5-6-7-8-9-10-11-12-13-14-15-18(23)21-19(24)16-22(2,3)17-20(21)25/h21H,4-17H2,1-3H3. The third-order valence-corrected chi connectivity index (χ3v) is 5.30. The molecular weight excluding hydrogens is 312 g/mol. The molecule has 25 heavy (non-hydrogen) atoms. The fourth-order valence-electron chi connectivity index (χ4n) is 3.86. The van der Waals surface area contributed by atoms with Gasteiger partial charge in [0.1, 0.15) is 5.92 Å².